The van der Waals surface area contributed by atoms with E-state index < -0.39 is 27.0 Å². The Morgan fingerprint density at radius 1 is 1.43 bits per heavy atom. The highest BCUT2D eigenvalue weighted by atomic mass is 32.2. The van der Waals surface area contributed by atoms with E-state index in [1.165, 1.54) is 0 Å². The van der Waals surface area contributed by atoms with E-state index in [4.69, 9.17) is 5.11 Å². The summed E-state index contributed by atoms with van der Waals surface area (Å²) < 4.78 is 23.1. The standard InChI is InChI=1S/C9H16O4S/c1-2-14(12,13)8-5-3-4-7(6-8)9(10)11/h7-8H,2-6H2,1H3,(H,10,11). The average Bonchev–Trinajstić information content (AvgIpc) is 2.18. The second-order valence-corrected chi connectivity index (χ2v) is 6.35. The highest BCUT2D eigenvalue weighted by Gasteiger charge is 2.33. The normalized spacial score (nSPS) is 28.6. The lowest BCUT2D eigenvalue weighted by Gasteiger charge is -2.25. The summed E-state index contributed by atoms with van der Waals surface area (Å²) in [7, 11) is -3.05. The number of sulfone groups is 1. The second kappa shape index (κ2) is 4.29. The van der Waals surface area contributed by atoms with E-state index in [0.29, 0.717) is 25.7 Å². The molecule has 2 unspecified atom stereocenters. The van der Waals surface area contributed by atoms with Gasteiger partial charge in [0.15, 0.2) is 9.84 Å². The number of rotatable bonds is 3. The van der Waals surface area contributed by atoms with Crippen molar-refractivity contribution in [2.24, 2.45) is 5.92 Å². The average molecular weight is 220 g/mol. The van der Waals surface area contributed by atoms with Crippen molar-refractivity contribution in [3.05, 3.63) is 0 Å². The summed E-state index contributed by atoms with van der Waals surface area (Å²) in [5.41, 5.74) is 0. The number of carboxylic acid groups (broad SMARTS) is 1. The summed E-state index contributed by atoms with van der Waals surface area (Å²) in [6.45, 7) is 1.61. The Kier molecular flexibility index (Phi) is 3.53. The first-order chi connectivity index (χ1) is 6.47. The zero-order chi connectivity index (χ0) is 10.8. The molecule has 1 saturated carbocycles. The molecule has 0 aliphatic heterocycles. The topological polar surface area (TPSA) is 71.4 Å². The van der Waals surface area contributed by atoms with Crippen molar-refractivity contribution in [1.29, 1.82) is 0 Å². The molecule has 0 aromatic heterocycles. The van der Waals surface area contributed by atoms with Gasteiger partial charge in [-0.3, -0.25) is 4.79 Å². The van der Waals surface area contributed by atoms with Gasteiger partial charge in [-0.05, 0) is 19.3 Å². The van der Waals surface area contributed by atoms with E-state index >= 15 is 0 Å². The zero-order valence-corrected chi connectivity index (χ0v) is 9.09. The quantitative estimate of drug-likeness (QED) is 0.772. The van der Waals surface area contributed by atoms with Gasteiger partial charge in [0.1, 0.15) is 0 Å². The van der Waals surface area contributed by atoms with E-state index in [9.17, 15) is 13.2 Å². The molecule has 0 heterocycles. The fourth-order valence-corrected chi connectivity index (χ4v) is 3.45. The summed E-state index contributed by atoms with van der Waals surface area (Å²) in [5.74, 6) is -1.21. The second-order valence-electron chi connectivity index (χ2n) is 3.78. The molecule has 1 aliphatic carbocycles. The van der Waals surface area contributed by atoms with Crippen LogP contribution in [0.25, 0.3) is 0 Å². The van der Waals surface area contributed by atoms with Crippen molar-refractivity contribution in [3.63, 3.8) is 0 Å². The molecule has 0 saturated heterocycles. The highest BCUT2D eigenvalue weighted by molar-refractivity contribution is 7.92. The van der Waals surface area contributed by atoms with Gasteiger partial charge < -0.3 is 5.11 Å². The number of carboxylic acids is 1. The largest absolute Gasteiger partial charge is 0.481 e. The molecule has 5 heteroatoms. The third-order valence-corrected chi connectivity index (χ3v) is 5.13. The molecule has 1 aliphatic rings. The first-order valence-electron chi connectivity index (χ1n) is 4.91. The van der Waals surface area contributed by atoms with Crippen LogP contribution in [0.15, 0.2) is 0 Å². The Morgan fingerprint density at radius 2 is 2.07 bits per heavy atom. The van der Waals surface area contributed by atoms with Gasteiger partial charge in [-0.25, -0.2) is 8.42 Å². The predicted molar refractivity (Wildman–Crippen MR) is 52.8 cm³/mol. The Bertz CT molecular complexity index is 307. The number of carbonyl (C=O) groups is 1. The van der Waals surface area contributed by atoms with E-state index in [1.807, 2.05) is 0 Å². The van der Waals surface area contributed by atoms with Crippen molar-refractivity contribution in [1.82, 2.24) is 0 Å². The van der Waals surface area contributed by atoms with Crippen LogP contribution < -0.4 is 0 Å². The fourth-order valence-electron chi connectivity index (χ4n) is 1.93. The lowest BCUT2D eigenvalue weighted by molar-refractivity contribution is -0.142. The number of hydrogen-bond donors (Lipinski definition) is 1. The summed E-state index contributed by atoms with van der Waals surface area (Å²) in [5, 5.41) is 8.37. The van der Waals surface area contributed by atoms with E-state index in [-0.39, 0.29) is 5.75 Å². The van der Waals surface area contributed by atoms with Crippen molar-refractivity contribution < 1.29 is 18.3 Å². The molecule has 0 spiro atoms. The Morgan fingerprint density at radius 3 is 2.57 bits per heavy atom. The molecular weight excluding hydrogens is 204 g/mol. The maximum atomic E-state index is 11.5. The van der Waals surface area contributed by atoms with Crippen LogP contribution in [0.3, 0.4) is 0 Å². The van der Waals surface area contributed by atoms with Crippen molar-refractivity contribution in [2.75, 3.05) is 5.75 Å². The molecule has 0 radical (unpaired) electrons. The number of aliphatic carboxylic acids is 1. The maximum Gasteiger partial charge on any atom is 0.306 e. The smallest absolute Gasteiger partial charge is 0.306 e. The SMILES string of the molecule is CCS(=O)(=O)C1CCCC(C(=O)O)C1. The molecule has 2 atom stereocenters. The van der Waals surface area contributed by atoms with E-state index in [0.717, 1.165) is 0 Å². The van der Waals surface area contributed by atoms with Crippen molar-refractivity contribution >= 4 is 15.8 Å². The van der Waals surface area contributed by atoms with E-state index in [2.05, 4.69) is 0 Å². The van der Waals surface area contributed by atoms with Gasteiger partial charge in [0, 0.05) is 5.75 Å². The molecule has 14 heavy (non-hydrogen) atoms. The Labute approximate surface area is 84.2 Å². The predicted octanol–water partition coefficient (Wildman–Crippen LogP) is 1.06. The third kappa shape index (κ3) is 2.47. The Balaban J connectivity index is 2.70. The highest BCUT2D eigenvalue weighted by Crippen LogP contribution is 2.29. The van der Waals surface area contributed by atoms with Crippen LogP contribution in [0.1, 0.15) is 32.6 Å². The molecule has 0 aromatic rings. The van der Waals surface area contributed by atoms with Crippen LogP contribution in [0.4, 0.5) is 0 Å². The van der Waals surface area contributed by atoms with Crippen molar-refractivity contribution in [3.8, 4) is 0 Å². The van der Waals surface area contributed by atoms with Gasteiger partial charge in [-0.1, -0.05) is 13.3 Å². The lowest BCUT2D eigenvalue weighted by atomic mass is 9.89. The summed E-state index contributed by atoms with van der Waals surface area (Å²) in [6, 6.07) is 0. The zero-order valence-electron chi connectivity index (χ0n) is 8.27. The molecular formula is C9H16O4S. The van der Waals surface area contributed by atoms with Crippen LogP contribution >= 0.6 is 0 Å². The van der Waals surface area contributed by atoms with Crippen LogP contribution in [0.2, 0.25) is 0 Å². The van der Waals surface area contributed by atoms with Gasteiger partial charge in [0.2, 0.25) is 0 Å². The van der Waals surface area contributed by atoms with Gasteiger partial charge in [0.25, 0.3) is 0 Å². The molecule has 0 bridgehead atoms. The molecule has 0 aromatic carbocycles. The van der Waals surface area contributed by atoms with Crippen LogP contribution in [0, 0.1) is 5.92 Å². The fraction of sp³-hybridized carbons (Fsp3) is 0.889. The first-order valence-corrected chi connectivity index (χ1v) is 6.63. The summed E-state index contributed by atoms with van der Waals surface area (Å²) in [6.07, 6.45) is 2.25. The minimum absolute atomic E-state index is 0.115. The monoisotopic (exact) mass is 220 g/mol. The number of hydrogen-bond acceptors (Lipinski definition) is 3. The minimum atomic E-state index is -3.05. The molecule has 82 valence electrons. The Hall–Kier alpha value is -0.580. The van der Waals surface area contributed by atoms with E-state index in [1.54, 1.807) is 6.92 Å². The minimum Gasteiger partial charge on any atom is -0.481 e. The van der Waals surface area contributed by atoms with Crippen LogP contribution in [-0.4, -0.2) is 30.5 Å². The third-order valence-electron chi connectivity index (χ3n) is 2.89. The molecule has 4 nitrogen and oxygen atoms in total. The van der Waals surface area contributed by atoms with Gasteiger partial charge >= 0.3 is 5.97 Å². The molecule has 1 rings (SSSR count). The maximum absolute atomic E-state index is 11.5. The summed E-state index contributed by atoms with van der Waals surface area (Å²) >= 11 is 0. The van der Waals surface area contributed by atoms with Gasteiger partial charge in [-0.15, -0.1) is 0 Å². The molecule has 1 fully saturated rings. The van der Waals surface area contributed by atoms with Crippen LogP contribution in [-0.2, 0) is 14.6 Å². The van der Waals surface area contributed by atoms with Crippen LogP contribution in [0.5, 0.6) is 0 Å². The van der Waals surface area contributed by atoms with Gasteiger partial charge in [0.05, 0.1) is 11.2 Å². The lowest BCUT2D eigenvalue weighted by Crippen LogP contribution is -2.32. The van der Waals surface area contributed by atoms with Gasteiger partial charge in [-0.2, -0.15) is 0 Å². The summed E-state index contributed by atoms with van der Waals surface area (Å²) in [4.78, 5) is 10.7. The molecule has 1 N–H and O–H groups in total. The molecule has 0 amide bonds. The first kappa shape index (κ1) is 11.5. The van der Waals surface area contributed by atoms with Crippen molar-refractivity contribution in [2.45, 2.75) is 37.9 Å².